The van der Waals surface area contributed by atoms with E-state index < -0.39 is 0 Å². The molecule has 0 bridgehead atoms. The quantitative estimate of drug-likeness (QED) is 0.777. The molecule has 1 amide bonds. The third kappa shape index (κ3) is 5.00. The molecule has 0 atom stereocenters. The van der Waals surface area contributed by atoms with Crippen LogP contribution in [0, 0.1) is 12.8 Å². The lowest BCUT2D eigenvalue weighted by molar-refractivity contribution is 0.102. The highest BCUT2D eigenvalue weighted by molar-refractivity contribution is 6.31. The fourth-order valence-electron chi connectivity index (χ4n) is 2.05. The smallest absolute Gasteiger partial charge is 0.259 e. The number of carbonyl (C=O) groups is 1. The van der Waals surface area contributed by atoms with Crippen LogP contribution < -0.4 is 10.1 Å². The molecule has 0 spiro atoms. The van der Waals surface area contributed by atoms with Crippen LogP contribution in [-0.2, 0) is 0 Å². The standard InChI is InChI=1S/C19H22ClNO2/c1-13(2)10-11-23-18-7-5-4-6-16(18)19(22)21-15-9-8-14(3)17(20)12-15/h4-9,12-13H,10-11H2,1-3H3,(H,21,22). The van der Waals surface area contributed by atoms with Crippen LogP contribution in [-0.4, -0.2) is 12.5 Å². The van der Waals surface area contributed by atoms with E-state index in [-0.39, 0.29) is 5.91 Å². The summed E-state index contributed by atoms with van der Waals surface area (Å²) in [5.74, 6) is 0.958. The maximum Gasteiger partial charge on any atom is 0.259 e. The number of anilines is 1. The largest absolute Gasteiger partial charge is 0.493 e. The van der Waals surface area contributed by atoms with E-state index in [0.717, 1.165) is 12.0 Å². The number of hydrogen-bond acceptors (Lipinski definition) is 2. The van der Waals surface area contributed by atoms with Gasteiger partial charge < -0.3 is 10.1 Å². The maximum absolute atomic E-state index is 12.5. The second kappa shape index (κ2) is 8.02. The van der Waals surface area contributed by atoms with Gasteiger partial charge in [-0.15, -0.1) is 0 Å². The number of benzene rings is 2. The number of rotatable bonds is 6. The van der Waals surface area contributed by atoms with Gasteiger partial charge in [0.1, 0.15) is 5.75 Å². The molecule has 0 saturated carbocycles. The Hall–Kier alpha value is -2.00. The fraction of sp³-hybridized carbons (Fsp3) is 0.316. The van der Waals surface area contributed by atoms with Crippen LogP contribution >= 0.6 is 11.6 Å². The van der Waals surface area contributed by atoms with E-state index in [2.05, 4.69) is 19.2 Å². The first kappa shape index (κ1) is 17.4. The number of halogens is 1. The molecule has 0 aromatic heterocycles. The molecule has 0 fully saturated rings. The van der Waals surface area contributed by atoms with Crippen molar-refractivity contribution in [1.29, 1.82) is 0 Å². The highest BCUT2D eigenvalue weighted by atomic mass is 35.5. The summed E-state index contributed by atoms with van der Waals surface area (Å²) in [6.07, 6.45) is 0.948. The summed E-state index contributed by atoms with van der Waals surface area (Å²) < 4.78 is 5.76. The molecule has 0 saturated heterocycles. The zero-order chi connectivity index (χ0) is 16.8. The molecule has 2 rings (SSSR count). The number of carbonyl (C=O) groups excluding carboxylic acids is 1. The molecule has 23 heavy (non-hydrogen) atoms. The molecular formula is C19H22ClNO2. The first-order valence-electron chi connectivity index (χ1n) is 7.76. The molecule has 1 N–H and O–H groups in total. The number of hydrogen-bond donors (Lipinski definition) is 1. The van der Waals surface area contributed by atoms with Crippen molar-refractivity contribution in [2.24, 2.45) is 5.92 Å². The summed E-state index contributed by atoms with van der Waals surface area (Å²) in [5, 5.41) is 3.49. The van der Waals surface area contributed by atoms with Crippen LogP contribution in [0.25, 0.3) is 0 Å². The van der Waals surface area contributed by atoms with Crippen molar-refractivity contribution in [3.63, 3.8) is 0 Å². The van der Waals surface area contributed by atoms with Crippen molar-refractivity contribution in [3.8, 4) is 5.75 Å². The van der Waals surface area contributed by atoms with Gasteiger partial charge in [-0.3, -0.25) is 4.79 Å². The molecule has 0 heterocycles. The molecule has 4 heteroatoms. The molecule has 0 aliphatic carbocycles. The minimum atomic E-state index is -0.204. The number of nitrogens with one attached hydrogen (secondary N) is 1. The van der Waals surface area contributed by atoms with E-state index >= 15 is 0 Å². The molecule has 2 aromatic rings. The topological polar surface area (TPSA) is 38.3 Å². The Morgan fingerprint density at radius 3 is 2.65 bits per heavy atom. The van der Waals surface area contributed by atoms with Gasteiger partial charge in [0.2, 0.25) is 0 Å². The number of amides is 1. The normalized spacial score (nSPS) is 10.7. The zero-order valence-corrected chi connectivity index (χ0v) is 14.5. The van der Waals surface area contributed by atoms with Gasteiger partial charge in [-0.1, -0.05) is 43.6 Å². The van der Waals surface area contributed by atoms with E-state index in [1.165, 1.54) is 0 Å². The Bertz CT molecular complexity index is 683. The van der Waals surface area contributed by atoms with Crippen LogP contribution in [0.1, 0.15) is 36.2 Å². The first-order valence-corrected chi connectivity index (χ1v) is 8.14. The van der Waals surface area contributed by atoms with Crippen molar-refractivity contribution >= 4 is 23.2 Å². The Labute approximate surface area is 142 Å². The van der Waals surface area contributed by atoms with Crippen LogP contribution in [0.15, 0.2) is 42.5 Å². The Balaban J connectivity index is 2.10. The van der Waals surface area contributed by atoms with Crippen molar-refractivity contribution < 1.29 is 9.53 Å². The monoisotopic (exact) mass is 331 g/mol. The lowest BCUT2D eigenvalue weighted by atomic mass is 10.1. The van der Waals surface area contributed by atoms with Crippen LogP contribution in [0.2, 0.25) is 5.02 Å². The molecule has 0 aliphatic heterocycles. The Morgan fingerprint density at radius 1 is 1.22 bits per heavy atom. The second-order valence-corrected chi connectivity index (χ2v) is 6.35. The van der Waals surface area contributed by atoms with Gasteiger partial charge in [-0.2, -0.15) is 0 Å². The summed E-state index contributed by atoms with van der Waals surface area (Å²) in [4.78, 5) is 12.5. The van der Waals surface area contributed by atoms with Crippen molar-refractivity contribution in [3.05, 3.63) is 58.6 Å². The van der Waals surface area contributed by atoms with Crippen molar-refractivity contribution in [2.75, 3.05) is 11.9 Å². The summed E-state index contributed by atoms with van der Waals surface area (Å²) >= 11 is 6.10. The van der Waals surface area contributed by atoms with Gasteiger partial charge in [0.25, 0.3) is 5.91 Å². The van der Waals surface area contributed by atoms with Crippen LogP contribution in [0.5, 0.6) is 5.75 Å². The van der Waals surface area contributed by atoms with Crippen molar-refractivity contribution in [2.45, 2.75) is 27.2 Å². The van der Waals surface area contributed by atoms with Crippen LogP contribution in [0.4, 0.5) is 5.69 Å². The summed E-state index contributed by atoms with van der Waals surface area (Å²) in [6.45, 7) is 6.80. The third-order valence-electron chi connectivity index (χ3n) is 3.51. The molecule has 0 aliphatic rings. The van der Waals surface area contributed by atoms with E-state index in [1.54, 1.807) is 12.1 Å². The summed E-state index contributed by atoms with van der Waals surface area (Å²) in [5.41, 5.74) is 2.16. The lowest BCUT2D eigenvalue weighted by Gasteiger charge is -2.13. The van der Waals surface area contributed by atoms with Gasteiger partial charge in [0, 0.05) is 10.7 Å². The lowest BCUT2D eigenvalue weighted by Crippen LogP contribution is -2.14. The van der Waals surface area contributed by atoms with E-state index in [1.807, 2.05) is 37.3 Å². The average Bonchev–Trinajstić information content (AvgIpc) is 2.51. The summed E-state index contributed by atoms with van der Waals surface area (Å²) in [6, 6.07) is 12.7. The highest BCUT2D eigenvalue weighted by Crippen LogP contribution is 2.23. The third-order valence-corrected chi connectivity index (χ3v) is 3.92. The summed E-state index contributed by atoms with van der Waals surface area (Å²) in [7, 11) is 0. The number of aryl methyl sites for hydroxylation is 1. The molecule has 3 nitrogen and oxygen atoms in total. The van der Waals surface area contributed by atoms with Gasteiger partial charge in [0.05, 0.1) is 12.2 Å². The van der Waals surface area contributed by atoms with E-state index in [9.17, 15) is 4.79 Å². The van der Waals surface area contributed by atoms with Gasteiger partial charge in [-0.25, -0.2) is 0 Å². The van der Waals surface area contributed by atoms with Crippen LogP contribution in [0.3, 0.4) is 0 Å². The van der Waals surface area contributed by atoms with Gasteiger partial charge >= 0.3 is 0 Å². The van der Waals surface area contributed by atoms with Gasteiger partial charge in [0.15, 0.2) is 0 Å². The minimum Gasteiger partial charge on any atom is -0.493 e. The number of ether oxygens (including phenoxy) is 1. The molecule has 2 aromatic carbocycles. The van der Waals surface area contributed by atoms with E-state index in [0.29, 0.717) is 34.5 Å². The Kier molecular flexibility index (Phi) is 6.05. The average molecular weight is 332 g/mol. The number of para-hydroxylation sites is 1. The second-order valence-electron chi connectivity index (χ2n) is 5.95. The Morgan fingerprint density at radius 2 is 1.96 bits per heavy atom. The van der Waals surface area contributed by atoms with Gasteiger partial charge in [-0.05, 0) is 49.1 Å². The molecule has 0 unspecified atom stereocenters. The first-order chi connectivity index (χ1) is 11.0. The predicted molar refractivity (Wildman–Crippen MR) is 95.5 cm³/mol. The maximum atomic E-state index is 12.5. The molecular weight excluding hydrogens is 310 g/mol. The zero-order valence-electron chi connectivity index (χ0n) is 13.7. The predicted octanol–water partition coefficient (Wildman–Crippen LogP) is 5.33. The van der Waals surface area contributed by atoms with Crippen molar-refractivity contribution in [1.82, 2.24) is 0 Å². The molecule has 0 radical (unpaired) electrons. The SMILES string of the molecule is Cc1ccc(NC(=O)c2ccccc2OCCC(C)C)cc1Cl. The highest BCUT2D eigenvalue weighted by Gasteiger charge is 2.13. The van der Waals surface area contributed by atoms with E-state index in [4.69, 9.17) is 16.3 Å². The molecule has 122 valence electrons. The fourth-order valence-corrected chi connectivity index (χ4v) is 2.23. The minimum absolute atomic E-state index is 0.204.